The highest BCUT2D eigenvalue weighted by Crippen LogP contribution is 2.58. The number of ether oxygens (including phenoxy) is 1. The Morgan fingerprint density at radius 3 is 2.87 bits per heavy atom. The van der Waals surface area contributed by atoms with E-state index in [0.29, 0.717) is 12.3 Å². The van der Waals surface area contributed by atoms with Gasteiger partial charge in [-0.3, -0.25) is 9.59 Å². The summed E-state index contributed by atoms with van der Waals surface area (Å²) < 4.78 is 18.8. The first-order valence-electron chi connectivity index (χ1n) is 11.3. The van der Waals surface area contributed by atoms with Gasteiger partial charge in [-0.15, -0.1) is 0 Å². The molecule has 1 heterocycles. The molecule has 1 saturated heterocycles. The number of rotatable bonds is 9. The molecule has 0 aromatic heterocycles. The monoisotopic (exact) mass is 451 g/mol. The summed E-state index contributed by atoms with van der Waals surface area (Å²) in [6.45, 7) is 2.75. The van der Waals surface area contributed by atoms with Crippen LogP contribution in [0.2, 0.25) is 5.02 Å². The van der Waals surface area contributed by atoms with Gasteiger partial charge in [0.05, 0.1) is 10.4 Å². The number of amides is 2. The minimum Gasteiger partial charge on any atom is -0.484 e. The normalized spacial score (nSPS) is 29.2. The van der Waals surface area contributed by atoms with E-state index in [1.54, 1.807) is 0 Å². The Kier molecular flexibility index (Phi) is 7.02. The second kappa shape index (κ2) is 9.74. The highest BCUT2D eigenvalue weighted by atomic mass is 35.5. The summed E-state index contributed by atoms with van der Waals surface area (Å²) in [5.41, 5.74) is -0.324. The lowest BCUT2D eigenvalue weighted by Gasteiger charge is -2.36. The van der Waals surface area contributed by atoms with Crippen molar-refractivity contribution in [3.8, 4) is 5.75 Å². The van der Waals surface area contributed by atoms with Crippen LogP contribution >= 0.6 is 11.6 Å². The average molecular weight is 452 g/mol. The van der Waals surface area contributed by atoms with Crippen LogP contribution in [0, 0.1) is 23.1 Å². The van der Waals surface area contributed by atoms with E-state index in [1.807, 2.05) is 0 Å². The maximum atomic E-state index is 13.5. The van der Waals surface area contributed by atoms with Gasteiger partial charge in [-0.05, 0) is 82.0 Å². The lowest BCUT2D eigenvalue weighted by molar-refractivity contribution is -0.134. The van der Waals surface area contributed by atoms with Gasteiger partial charge in [0, 0.05) is 18.7 Å². The summed E-state index contributed by atoms with van der Waals surface area (Å²) >= 11 is 5.65. The molecule has 0 radical (unpaired) electrons. The van der Waals surface area contributed by atoms with Crippen molar-refractivity contribution in [2.24, 2.45) is 17.3 Å². The molecular weight excluding hydrogens is 421 g/mol. The van der Waals surface area contributed by atoms with Crippen LogP contribution in [0.15, 0.2) is 18.2 Å². The van der Waals surface area contributed by atoms with Gasteiger partial charge in [-0.25, -0.2) is 4.39 Å². The second-order valence-corrected chi connectivity index (χ2v) is 9.71. The van der Waals surface area contributed by atoms with Crippen LogP contribution in [0.3, 0.4) is 0 Å². The van der Waals surface area contributed by atoms with Crippen LogP contribution in [0.5, 0.6) is 5.75 Å². The summed E-state index contributed by atoms with van der Waals surface area (Å²) in [6, 6.07) is 4.07. The summed E-state index contributed by atoms with van der Waals surface area (Å²) in [5, 5.41) is 9.56. The molecule has 5 rings (SSSR count). The van der Waals surface area contributed by atoms with E-state index in [9.17, 15) is 14.0 Å². The highest BCUT2D eigenvalue weighted by Gasteiger charge is 2.60. The van der Waals surface area contributed by atoms with Crippen molar-refractivity contribution in [2.45, 2.75) is 51.0 Å². The van der Waals surface area contributed by atoms with Gasteiger partial charge in [0.2, 0.25) is 5.91 Å². The predicted molar refractivity (Wildman–Crippen MR) is 116 cm³/mol. The number of halogens is 2. The zero-order chi connectivity index (χ0) is 21.8. The first kappa shape index (κ1) is 22.3. The fraction of sp³-hybridized carbons (Fsp3) is 0.652. The molecule has 0 spiro atoms. The average Bonchev–Trinajstić information content (AvgIpc) is 3.28. The fourth-order valence-corrected chi connectivity index (χ4v) is 5.46. The molecule has 2 atom stereocenters. The van der Waals surface area contributed by atoms with E-state index in [1.165, 1.54) is 25.0 Å². The van der Waals surface area contributed by atoms with Crippen LogP contribution in [0.25, 0.3) is 0 Å². The Morgan fingerprint density at radius 2 is 2.13 bits per heavy atom. The smallest absolute Gasteiger partial charge is 0.258 e. The zero-order valence-electron chi connectivity index (χ0n) is 17.7. The van der Waals surface area contributed by atoms with Gasteiger partial charge >= 0.3 is 0 Å². The third-order valence-electron chi connectivity index (χ3n) is 7.05. The van der Waals surface area contributed by atoms with E-state index >= 15 is 0 Å². The molecule has 3 N–H and O–H groups in total. The molecule has 2 amide bonds. The van der Waals surface area contributed by atoms with Crippen molar-refractivity contribution in [1.29, 1.82) is 0 Å². The second-order valence-electron chi connectivity index (χ2n) is 9.30. The molecule has 3 aliphatic carbocycles. The van der Waals surface area contributed by atoms with Crippen LogP contribution in [-0.4, -0.2) is 44.1 Å². The third-order valence-corrected chi connectivity index (χ3v) is 7.35. The minimum absolute atomic E-state index is 0.00267. The van der Waals surface area contributed by atoms with Crippen LogP contribution in [-0.2, 0) is 9.59 Å². The van der Waals surface area contributed by atoms with Gasteiger partial charge in [0.1, 0.15) is 11.6 Å². The maximum Gasteiger partial charge on any atom is 0.258 e. The van der Waals surface area contributed by atoms with E-state index in [2.05, 4.69) is 16.0 Å². The molecule has 8 heteroatoms. The summed E-state index contributed by atoms with van der Waals surface area (Å²) in [5.74, 6) is 0.623. The fourth-order valence-electron chi connectivity index (χ4n) is 5.34. The largest absolute Gasteiger partial charge is 0.484 e. The molecule has 1 aromatic carbocycles. The Bertz CT molecular complexity index is 809. The maximum absolute atomic E-state index is 13.5. The molecule has 4 fully saturated rings. The molecule has 31 heavy (non-hydrogen) atoms. The van der Waals surface area contributed by atoms with E-state index in [4.69, 9.17) is 16.3 Å². The SMILES string of the molecule is O=C(COc1ccc(Cl)c(F)c1)NC1CC2(C(=O)NCCCC3CCCNC3)CC1C2. The summed E-state index contributed by atoms with van der Waals surface area (Å²) in [4.78, 5) is 25.0. The minimum atomic E-state index is -0.584. The third kappa shape index (κ3) is 5.32. The van der Waals surface area contributed by atoms with Crippen molar-refractivity contribution in [3.63, 3.8) is 0 Å². The van der Waals surface area contributed by atoms with Gasteiger partial charge in [0.25, 0.3) is 5.91 Å². The molecule has 4 aliphatic rings. The highest BCUT2D eigenvalue weighted by molar-refractivity contribution is 6.30. The molecule has 6 nitrogen and oxygen atoms in total. The van der Waals surface area contributed by atoms with Gasteiger partial charge < -0.3 is 20.7 Å². The van der Waals surface area contributed by atoms with Crippen molar-refractivity contribution in [1.82, 2.24) is 16.0 Å². The molecule has 2 bridgehead atoms. The number of fused-ring (bicyclic) bond motifs is 1. The van der Waals surface area contributed by atoms with Crippen LogP contribution < -0.4 is 20.7 Å². The first-order valence-corrected chi connectivity index (χ1v) is 11.7. The molecule has 1 aliphatic heterocycles. The Balaban J connectivity index is 1.15. The molecular formula is C23H31ClFN3O3. The van der Waals surface area contributed by atoms with E-state index < -0.39 is 5.82 Å². The lowest BCUT2D eigenvalue weighted by Crippen LogP contribution is -2.45. The molecule has 2 unspecified atom stereocenters. The standard InChI is InChI=1S/C23H31ClFN3O3/c24-18-6-5-17(9-19(18)25)31-14-21(29)28-20-12-23(10-16(20)11-23)22(30)27-8-2-4-15-3-1-7-26-13-15/h5-6,9,15-16,20,26H,1-4,7-8,10-14H2,(H,27,30)(H,28,29). The van der Waals surface area contributed by atoms with Gasteiger partial charge in [0.15, 0.2) is 6.61 Å². The number of piperidine rings is 1. The van der Waals surface area contributed by atoms with Crippen molar-refractivity contribution < 1.29 is 18.7 Å². The summed E-state index contributed by atoms with van der Waals surface area (Å²) in [7, 11) is 0. The molecule has 1 aromatic rings. The number of hydrogen-bond donors (Lipinski definition) is 3. The van der Waals surface area contributed by atoms with Crippen molar-refractivity contribution in [2.75, 3.05) is 26.2 Å². The number of nitrogens with one attached hydrogen (secondary N) is 3. The number of benzene rings is 1. The van der Waals surface area contributed by atoms with E-state index in [-0.39, 0.29) is 40.7 Å². The number of hydrogen-bond acceptors (Lipinski definition) is 4. The molecule has 3 saturated carbocycles. The van der Waals surface area contributed by atoms with Crippen molar-refractivity contribution >= 4 is 23.4 Å². The predicted octanol–water partition coefficient (Wildman–Crippen LogP) is 3.04. The summed E-state index contributed by atoms with van der Waals surface area (Å²) in [6.07, 6.45) is 7.04. The van der Waals surface area contributed by atoms with Crippen LogP contribution in [0.1, 0.15) is 44.9 Å². The van der Waals surface area contributed by atoms with Crippen molar-refractivity contribution in [3.05, 3.63) is 29.0 Å². The number of carbonyl (C=O) groups excluding carboxylic acids is 2. The van der Waals surface area contributed by atoms with Crippen LogP contribution in [0.4, 0.5) is 4.39 Å². The van der Waals surface area contributed by atoms with Gasteiger partial charge in [-0.1, -0.05) is 11.6 Å². The zero-order valence-corrected chi connectivity index (χ0v) is 18.5. The number of carbonyl (C=O) groups is 2. The quantitative estimate of drug-likeness (QED) is 0.504. The Hall–Kier alpha value is -1.86. The Labute approximate surface area is 187 Å². The topological polar surface area (TPSA) is 79.5 Å². The van der Waals surface area contributed by atoms with E-state index in [0.717, 1.165) is 57.3 Å². The lowest BCUT2D eigenvalue weighted by atomic mass is 9.69. The van der Waals surface area contributed by atoms with Gasteiger partial charge in [-0.2, -0.15) is 0 Å². The Morgan fingerprint density at radius 1 is 1.29 bits per heavy atom. The molecule has 170 valence electrons. The first-order chi connectivity index (χ1) is 14.9.